The highest BCUT2D eigenvalue weighted by Gasteiger charge is 2.26. The maximum atomic E-state index is 5.75. The molecule has 0 bridgehead atoms. The van der Waals surface area contributed by atoms with Gasteiger partial charge in [0, 0.05) is 31.1 Å². The highest BCUT2D eigenvalue weighted by molar-refractivity contribution is 7.10. The maximum absolute atomic E-state index is 5.75. The molecule has 3 rings (SSSR count). The van der Waals surface area contributed by atoms with E-state index in [1.807, 2.05) is 18.2 Å². The second-order valence-electron chi connectivity index (χ2n) is 7.47. The fourth-order valence-electron chi connectivity index (χ4n) is 3.70. The first-order valence-electron chi connectivity index (χ1n) is 10.8. The zero-order valence-electron chi connectivity index (χ0n) is 18.9. The number of hydrogen-bond donors (Lipinski definition) is 2. The average molecular weight is 447 g/mol. The quantitative estimate of drug-likeness (QED) is 0.455. The van der Waals surface area contributed by atoms with Gasteiger partial charge in [0.2, 0.25) is 0 Å². The van der Waals surface area contributed by atoms with Crippen LogP contribution >= 0.6 is 11.3 Å². The fraction of sp³-hybridized carbons (Fsp3) is 0.522. The predicted octanol–water partition coefficient (Wildman–Crippen LogP) is 3.28. The minimum absolute atomic E-state index is 0.253. The van der Waals surface area contributed by atoms with Gasteiger partial charge in [0.15, 0.2) is 17.5 Å². The van der Waals surface area contributed by atoms with Gasteiger partial charge in [-0.05, 0) is 43.0 Å². The summed E-state index contributed by atoms with van der Waals surface area (Å²) in [5, 5.41) is 9.05. The van der Waals surface area contributed by atoms with Crippen molar-refractivity contribution >= 4 is 17.3 Å². The van der Waals surface area contributed by atoms with E-state index in [1.165, 1.54) is 4.88 Å². The van der Waals surface area contributed by atoms with Gasteiger partial charge in [-0.3, -0.25) is 4.90 Å². The van der Waals surface area contributed by atoms with E-state index in [0.717, 1.165) is 50.1 Å². The molecule has 1 fully saturated rings. The topological polar surface area (TPSA) is 67.4 Å². The van der Waals surface area contributed by atoms with Crippen LogP contribution in [0.15, 0.2) is 40.7 Å². The third-order valence-corrected chi connectivity index (χ3v) is 6.23. The number of thiophene rings is 1. The number of guanidine groups is 1. The van der Waals surface area contributed by atoms with E-state index < -0.39 is 0 Å². The van der Waals surface area contributed by atoms with Gasteiger partial charge in [-0.25, -0.2) is 4.99 Å². The van der Waals surface area contributed by atoms with Crippen LogP contribution in [0.3, 0.4) is 0 Å². The molecule has 0 aliphatic carbocycles. The standard InChI is InChI=1S/C23H34N4O3S/c1-5-24-23(25-14-18-8-9-20(28-3)21(13-18)29-4)26-15-19(22-7-6-12-31-22)27-10-11-30-17(2)16-27/h6-9,12-13,17,19H,5,10-11,14-16H2,1-4H3,(H2,24,25,26). The Morgan fingerprint density at radius 2 is 2.10 bits per heavy atom. The molecule has 1 aromatic heterocycles. The summed E-state index contributed by atoms with van der Waals surface area (Å²) >= 11 is 1.80. The Morgan fingerprint density at radius 1 is 1.26 bits per heavy atom. The first-order chi connectivity index (χ1) is 15.1. The van der Waals surface area contributed by atoms with Crippen molar-refractivity contribution in [2.45, 2.75) is 32.5 Å². The zero-order chi connectivity index (χ0) is 22.1. The van der Waals surface area contributed by atoms with E-state index in [1.54, 1.807) is 25.6 Å². The van der Waals surface area contributed by atoms with E-state index in [4.69, 9.17) is 19.2 Å². The van der Waals surface area contributed by atoms with Crippen LogP contribution in [0.2, 0.25) is 0 Å². The number of benzene rings is 1. The molecule has 8 heteroatoms. The van der Waals surface area contributed by atoms with Gasteiger partial charge in [-0.2, -0.15) is 0 Å². The highest BCUT2D eigenvalue weighted by atomic mass is 32.1. The van der Waals surface area contributed by atoms with Crippen molar-refractivity contribution in [3.05, 3.63) is 46.2 Å². The minimum atomic E-state index is 0.253. The van der Waals surface area contributed by atoms with E-state index in [-0.39, 0.29) is 12.1 Å². The van der Waals surface area contributed by atoms with Crippen LogP contribution in [-0.2, 0) is 11.3 Å². The largest absolute Gasteiger partial charge is 0.493 e. The van der Waals surface area contributed by atoms with Gasteiger partial charge in [0.05, 0.1) is 39.5 Å². The lowest BCUT2D eigenvalue weighted by molar-refractivity contribution is -0.0334. The van der Waals surface area contributed by atoms with Gasteiger partial charge in [0.25, 0.3) is 0 Å². The van der Waals surface area contributed by atoms with Crippen LogP contribution in [0.25, 0.3) is 0 Å². The van der Waals surface area contributed by atoms with E-state index >= 15 is 0 Å². The molecule has 2 atom stereocenters. The third-order valence-electron chi connectivity index (χ3n) is 5.26. The van der Waals surface area contributed by atoms with Crippen LogP contribution in [-0.4, -0.2) is 64.0 Å². The Labute approximate surface area is 189 Å². The summed E-state index contributed by atoms with van der Waals surface area (Å²) in [6.45, 7) is 9.00. The molecular weight excluding hydrogens is 412 g/mol. The fourth-order valence-corrected chi connectivity index (χ4v) is 4.56. The van der Waals surface area contributed by atoms with Crippen molar-refractivity contribution in [1.29, 1.82) is 0 Å². The minimum Gasteiger partial charge on any atom is -0.493 e. The molecule has 2 heterocycles. The highest BCUT2D eigenvalue weighted by Crippen LogP contribution is 2.28. The van der Waals surface area contributed by atoms with Gasteiger partial charge in [-0.1, -0.05) is 12.1 Å². The Kier molecular flexibility index (Phi) is 8.99. The van der Waals surface area contributed by atoms with Crippen molar-refractivity contribution in [1.82, 2.24) is 15.5 Å². The molecule has 0 amide bonds. The number of nitrogens with one attached hydrogen (secondary N) is 2. The van der Waals surface area contributed by atoms with E-state index in [2.05, 4.69) is 46.9 Å². The molecule has 2 unspecified atom stereocenters. The van der Waals surface area contributed by atoms with Crippen LogP contribution < -0.4 is 20.1 Å². The van der Waals surface area contributed by atoms with Crippen molar-refractivity contribution in [2.24, 2.45) is 4.99 Å². The number of nitrogens with zero attached hydrogens (tertiary/aromatic N) is 2. The summed E-state index contributed by atoms with van der Waals surface area (Å²) < 4.78 is 16.5. The Balaban J connectivity index is 1.69. The summed E-state index contributed by atoms with van der Waals surface area (Å²) in [7, 11) is 3.29. The molecule has 2 N–H and O–H groups in total. The van der Waals surface area contributed by atoms with Gasteiger partial charge >= 0.3 is 0 Å². The monoisotopic (exact) mass is 446 g/mol. The van der Waals surface area contributed by atoms with Crippen LogP contribution in [0.4, 0.5) is 0 Å². The van der Waals surface area contributed by atoms with Crippen molar-refractivity contribution in [3.63, 3.8) is 0 Å². The molecule has 1 saturated heterocycles. The first kappa shape index (κ1) is 23.4. The molecule has 2 aromatic rings. The third kappa shape index (κ3) is 6.59. The molecule has 0 radical (unpaired) electrons. The lowest BCUT2D eigenvalue weighted by atomic mass is 10.1. The number of methoxy groups -OCH3 is 2. The lowest BCUT2D eigenvalue weighted by Gasteiger charge is -2.37. The zero-order valence-corrected chi connectivity index (χ0v) is 19.7. The maximum Gasteiger partial charge on any atom is 0.191 e. The molecule has 7 nitrogen and oxygen atoms in total. The number of hydrogen-bond acceptors (Lipinski definition) is 6. The average Bonchev–Trinajstić information content (AvgIpc) is 3.32. The summed E-state index contributed by atoms with van der Waals surface area (Å²) in [6.07, 6.45) is 0.253. The van der Waals surface area contributed by atoms with Crippen LogP contribution in [0, 0.1) is 0 Å². The summed E-state index contributed by atoms with van der Waals surface area (Å²) in [5.74, 6) is 2.24. The summed E-state index contributed by atoms with van der Waals surface area (Å²) in [6, 6.07) is 10.5. The van der Waals surface area contributed by atoms with Crippen molar-refractivity contribution < 1.29 is 14.2 Å². The van der Waals surface area contributed by atoms with Gasteiger partial charge < -0.3 is 24.8 Å². The van der Waals surface area contributed by atoms with Crippen molar-refractivity contribution in [2.75, 3.05) is 47.0 Å². The number of ether oxygens (including phenoxy) is 3. The van der Waals surface area contributed by atoms with Crippen LogP contribution in [0.1, 0.15) is 30.3 Å². The van der Waals surface area contributed by atoms with E-state index in [0.29, 0.717) is 12.3 Å². The smallest absolute Gasteiger partial charge is 0.191 e. The molecule has 0 spiro atoms. The number of aliphatic imine (C=N–C) groups is 1. The molecule has 170 valence electrons. The number of morpholine rings is 1. The molecule has 31 heavy (non-hydrogen) atoms. The lowest BCUT2D eigenvalue weighted by Crippen LogP contribution is -2.48. The number of rotatable bonds is 9. The normalized spacial score (nSPS) is 18.5. The molecule has 1 aliphatic rings. The molecular formula is C23H34N4O3S. The van der Waals surface area contributed by atoms with Gasteiger partial charge in [0.1, 0.15) is 0 Å². The van der Waals surface area contributed by atoms with E-state index in [9.17, 15) is 0 Å². The molecule has 0 saturated carbocycles. The summed E-state index contributed by atoms with van der Waals surface area (Å²) in [4.78, 5) is 8.65. The van der Waals surface area contributed by atoms with Crippen LogP contribution in [0.5, 0.6) is 11.5 Å². The first-order valence-corrected chi connectivity index (χ1v) is 11.6. The molecule has 1 aliphatic heterocycles. The Morgan fingerprint density at radius 3 is 2.77 bits per heavy atom. The molecule has 1 aromatic carbocycles. The SMILES string of the molecule is CCNC(=NCc1ccc(OC)c(OC)c1)NCC(c1cccs1)N1CCOC(C)C1. The Hall–Kier alpha value is -2.29. The van der Waals surface area contributed by atoms with Gasteiger partial charge in [-0.15, -0.1) is 11.3 Å². The second kappa shape index (κ2) is 11.9. The summed E-state index contributed by atoms with van der Waals surface area (Å²) in [5.41, 5.74) is 1.06. The second-order valence-corrected chi connectivity index (χ2v) is 8.45. The Bertz CT molecular complexity index is 828. The van der Waals surface area contributed by atoms with Crippen molar-refractivity contribution in [3.8, 4) is 11.5 Å². The predicted molar refractivity (Wildman–Crippen MR) is 126 cm³/mol.